The minimum Gasteiger partial charge on any atom is -0.496 e. The van der Waals surface area contributed by atoms with Crippen molar-refractivity contribution in [3.8, 4) is 5.75 Å². The second-order valence-corrected chi connectivity index (χ2v) is 6.01. The lowest BCUT2D eigenvalue weighted by Crippen LogP contribution is -2.27. The second-order valence-electron chi connectivity index (χ2n) is 5.10. The molecular formula is C18H21BrN2O2. The van der Waals surface area contributed by atoms with Gasteiger partial charge in [-0.25, -0.2) is 0 Å². The number of hydrogen-bond donors (Lipinski definition) is 2. The third kappa shape index (κ3) is 5.94. The Bertz CT molecular complexity index is 629. The van der Waals surface area contributed by atoms with E-state index in [2.05, 4.69) is 26.6 Å². The van der Waals surface area contributed by atoms with Gasteiger partial charge in [0.15, 0.2) is 0 Å². The quantitative estimate of drug-likeness (QED) is 0.739. The zero-order valence-corrected chi connectivity index (χ0v) is 14.7. The zero-order valence-electron chi connectivity index (χ0n) is 13.1. The van der Waals surface area contributed by atoms with E-state index in [-0.39, 0.29) is 5.91 Å². The van der Waals surface area contributed by atoms with Gasteiger partial charge in [0.05, 0.1) is 7.11 Å². The summed E-state index contributed by atoms with van der Waals surface area (Å²) in [6, 6.07) is 15.7. The van der Waals surface area contributed by atoms with E-state index in [1.165, 1.54) is 0 Å². The highest BCUT2D eigenvalue weighted by Gasteiger charge is 2.04. The molecule has 0 bridgehead atoms. The van der Waals surface area contributed by atoms with E-state index in [0.717, 1.165) is 27.9 Å². The maximum absolute atomic E-state index is 11.8. The van der Waals surface area contributed by atoms with Crippen molar-refractivity contribution in [2.45, 2.75) is 12.8 Å². The number of amides is 1. The summed E-state index contributed by atoms with van der Waals surface area (Å²) in [6.07, 6.45) is 1.21. The number of hydrogen-bond acceptors (Lipinski definition) is 3. The molecule has 0 saturated heterocycles. The van der Waals surface area contributed by atoms with Gasteiger partial charge in [0.2, 0.25) is 5.91 Å². The summed E-state index contributed by atoms with van der Waals surface area (Å²) >= 11 is 3.39. The largest absolute Gasteiger partial charge is 0.496 e. The molecule has 0 aliphatic heterocycles. The SMILES string of the molecule is COc1ccccc1CCNC(=O)CCNc1ccc(Br)cc1. The Morgan fingerprint density at radius 3 is 2.57 bits per heavy atom. The summed E-state index contributed by atoms with van der Waals surface area (Å²) in [5.41, 5.74) is 2.11. The van der Waals surface area contributed by atoms with Gasteiger partial charge in [0.25, 0.3) is 0 Å². The maximum atomic E-state index is 11.8. The second kappa shape index (κ2) is 9.20. The number of ether oxygens (including phenoxy) is 1. The van der Waals surface area contributed by atoms with Gasteiger partial charge in [-0.05, 0) is 42.3 Å². The molecule has 0 aliphatic rings. The van der Waals surface area contributed by atoms with Crippen LogP contribution in [0.3, 0.4) is 0 Å². The molecule has 0 atom stereocenters. The molecule has 23 heavy (non-hydrogen) atoms. The number of halogens is 1. The molecule has 0 aromatic heterocycles. The van der Waals surface area contributed by atoms with Gasteiger partial charge in [-0.2, -0.15) is 0 Å². The Kier molecular flexibility index (Phi) is 6.94. The summed E-state index contributed by atoms with van der Waals surface area (Å²) in [6.45, 7) is 1.22. The first-order chi connectivity index (χ1) is 11.2. The van der Waals surface area contributed by atoms with Crippen molar-refractivity contribution in [3.05, 3.63) is 58.6 Å². The first-order valence-electron chi connectivity index (χ1n) is 7.57. The van der Waals surface area contributed by atoms with E-state index >= 15 is 0 Å². The lowest BCUT2D eigenvalue weighted by molar-refractivity contribution is -0.120. The highest BCUT2D eigenvalue weighted by molar-refractivity contribution is 9.10. The minimum atomic E-state index is 0.0458. The fourth-order valence-electron chi connectivity index (χ4n) is 2.22. The van der Waals surface area contributed by atoms with Gasteiger partial charge in [0, 0.05) is 29.7 Å². The summed E-state index contributed by atoms with van der Waals surface area (Å²) in [5, 5.41) is 6.16. The summed E-state index contributed by atoms with van der Waals surface area (Å²) in [4.78, 5) is 11.8. The van der Waals surface area contributed by atoms with Crippen LogP contribution in [0.1, 0.15) is 12.0 Å². The monoisotopic (exact) mass is 376 g/mol. The summed E-state index contributed by atoms with van der Waals surface area (Å²) in [7, 11) is 1.66. The Morgan fingerprint density at radius 2 is 1.83 bits per heavy atom. The highest BCUT2D eigenvalue weighted by atomic mass is 79.9. The standard InChI is InChI=1S/C18H21BrN2O2/c1-23-17-5-3-2-4-14(17)10-12-21-18(22)11-13-20-16-8-6-15(19)7-9-16/h2-9,20H,10-13H2,1H3,(H,21,22). The predicted molar refractivity (Wildman–Crippen MR) is 97.0 cm³/mol. The van der Waals surface area contributed by atoms with Crippen LogP contribution in [0.4, 0.5) is 5.69 Å². The number of methoxy groups -OCH3 is 1. The average Bonchev–Trinajstić information content (AvgIpc) is 2.57. The molecule has 2 N–H and O–H groups in total. The van der Waals surface area contributed by atoms with E-state index in [4.69, 9.17) is 4.74 Å². The van der Waals surface area contributed by atoms with Crippen molar-refractivity contribution < 1.29 is 9.53 Å². The first-order valence-corrected chi connectivity index (χ1v) is 8.36. The summed E-state index contributed by atoms with van der Waals surface area (Å²) in [5.74, 6) is 0.906. The van der Waals surface area contributed by atoms with Gasteiger partial charge in [-0.1, -0.05) is 34.1 Å². The number of para-hydroxylation sites is 1. The molecule has 2 aromatic rings. The molecule has 1 amide bonds. The van der Waals surface area contributed by atoms with Crippen molar-refractivity contribution in [1.29, 1.82) is 0 Å². The highest BCUT2D eigenvalue weighted by Crippen LogP contribution is 2.17. The lowest BCUT2D eigenvalue weighted by Gasteiger charge is -2.10. The Hall–Kier alpha value is -2.01. The van der Waals surface area contributed by atoms with E-state index in [0.29, 0.717) is 19.5 Å². The van der Waals surface area contributed by atoms with Crippen LogP contribution in [0, 0.1) is 0 Å². The lowest BCUT2D eigenvalue weighted by atomic mass is 10.1. The third-order valence-corrected chi connectivity index (χ3v) is 3.96. The Morgan fingerprint density at radius 1 is 1.09 bits per heavy atom. The number of carbonyl (C=O) groups is 1. The van der Waals surface area contributed by atoms with Crippen molar-refractivity contribution in [2.24, 2.45) is 0 Å². The molecule has 0 fully saturated rings. The van der Waals surface area contributed by atoms with Crippen LogP contribution in [0.15, 0.2) is 53.0 Å². The molecule has 2 rings (SSSR count). The summed E-state index contributed by atoms with van der Waals surface area (Å²) < 4.78 is 6.34. The van der Waals surface area contributed by atoms with Gasteiger partial charge < -0.3 is 15.4 Å². The molecule has 122 valence electrons. The molecule has 2 aromatic carbocycles. The molecule has 0 aliphatic carbocycles. The van der Waals surface area contributed by atoms with Crippen LogP contribution in [-0.2, 0) is 11.2 Å². The topological polar surface area (TPSA) is 50.4 Å². The molecular weight excluding hydrogens is 356 g/mol. The van der Waals surface area contributed by atoms with Crippen LogP contribution >= 0.6 is 15.9 Å². The van der Waals surface area contributed by atoms with E-state index in [1.54, 1.807) is 7.11 Å². The number of rotatable bonds is 8. The predicted octanol–water partition coefficient (Wildman–Crippen LogP) is 3.62. The van der Waals surface area contributed by atoms with Crippen LogP contribution in [0.5, 0.6) is 5.75 Å². The molecule has 0 spiro atoms. The van der Waals surface area contributed by atoms with Crippen LogP contribution < -0.4 is 15.4 Å². The molecule has 0 unspecified atom stereocenters. The maximum Gasteiger partial charge on any atom is 0.221 e. The fraction of sp³-hybridized carbons (Fsp3) is 0.278. The first kappa shape index (κ1) is 17.3. The number of carbonyl (C=O) groups excluding carboxylic acids is 1. The van der Waals surface area contributed by atoms with Crippen LogP contribution in [0.2, 0.25) is 0 Å². The van der Waals surface area contributed by atoms with Gasteiger partial charge in [-0.3, -0.25) is 4.79 Å². The van der Waals surface area contributed by atoms with Crippen molar-refractivity contribution >= 4 is 27.5 Å². The fourth-order valence-corrected chi connectivity index (χ4v) is 2.49. The number of nitrogens with one attached hydrogen (secondary N) is 2. The van der Waals surface area contributed by atoms with E-state index in [1.807, 2.05) is 48.5 Å². The van der Waals surface area contributed by atoms with Gasteiger partial charge >= 0.3 is 0 Å². The Balaban J connectivity index is 1.66. The molecule has 0 radical (unpaired) electrons. The number of benzene rings is 2. The van der Waals surface area contributed by atoms with Crippen molar-refractivity contribution in [2.75, 3.05) is 25.5 Å². The van der Waals surface area contributed by atoms with Gasteiger partial charge in [0.1, 0.15) is 5.75 Å². The third-order valence-electron chi connectivity index (χ3n) is 3.43. The van der Waals surface area contributed by atoms with E-state index < -0.39 is 0 Å². The normalized spacial score (nSPS) is 10.2. The smallest absolute Gasteiger partial charge is 0.221 e. The van der Waals surface area contributed by atoms with Crippen molar-refractivity contribution in [1.82, 2.24) is 5.32 Å². The number of anilines is 1. The average molecular weight is 377 g/mol. The molecule has 0 saturated carbocycles. The molecule has 0 heterocycles. The Labute approximate surface area is 145 Å². The van der Waals surface area contributed by atoms with Gasteiger partial charge in [-0.15, -0.1) is 0 Å². The zero-order chi connectivity index (χ0) is 16.5. The molecule has 5 heteroatoms. The van der Waals surface area contributed by atoms with Crippen molar-refractivity contribution in [3.63, 3.8) is 0 Å². The van der Waals surface area contributed by atoms with E-state index in [9.17, 15) is 4.79 Å². The van der Waals surface area contributed by atoms with Crippen LogP contribution in [-0.4, -0.2) is 26.1 Å². The minimum absolute atomic E-state index is 0.0458. The molecule has 4 nitrogen and oxygen atoms in total. The van der Waals surface area contributed by atoms with Crippen LogP contribution in [0.25, 0.3) is 0 Å².